The summed E-state index contributed by atoms with van der Waals surface area (Å²) in [4.78, 5) is 4.26. The van der Waals surface area contributed by atoms with Gasteiger partial charge in [0, 0.05) is 18.3 Å². The molecule has 0 saturated carbocycles. The van der Waals surface area contributed by atoms with Gasteiger partial charge < -0.3 is 5.11 Å². The van der Waals surface area contributed by atoms with E-state index in [0.717, 1.165) is 18.5 Å². The molecule has 1 N–H and O–H groups in total. The van der Waals surface area contributed by atoms with Crippen molar-refractivity contribution in [3.05, 3.63) is 29.3 Å². The third-order valence-electron chi connectivity index (χ3n) is 2.48. The van der Waals surface area contributed by atoms with E-state index in [0.29, 0.717) is 5.75 Å². The summed E-state index contributed by atoms with van der Waals surface area (Å²) >= 11 is 0. The fraction of sp³-hybridized carbons (Fsp3) is 0.500. The number of nitrogens with zero attached hydrogens (tertiary/aromatic N) is 1. The van der Waals surface area contributed by atoms with Gasteiger partial charge in [0.15, 0.2) is 0 Å². The van der Waals surface area contributed by atoms with Crippen LogP contribution in [0.4, 0.5) is 0 Å². The van der Waals surface area contributed by atoms with Crippen LogP contribution >= 0.6 is 0 Å². The molecule has 1 aromatic carbocycles. The third-order valence-corrected chi connectivity index (χ3v) is 2.48. The van der Waals surface area contributed by atoms with Gasteiger partial charge in [0.05, 0.1) is 0 Å². The smallest absolute Gasteiger partial charge is 0.124 e. The summed E-state index contributed by atoms with van der Waals surface area (Å²) in [5.41, 5.74) is 2.12. The predicted octanol–water partition coefficient (Wildman–Crippen LogP) is 3.52. The Bertz CT molecular complexity index is 375. The number of hydrogen-bond acceptors (Lipinski definition) is 2. The molecule has 0 amide bonds. The molecule has 0 radical (unpaired) electrons. The van der Waals surface area contributed by atoms with Crippen molar-refractivity contribution in [1.29, 1.82) is 0 Å². The first kappa shape index (κ1) is 12.8. The number of hydrogen-bond donors (Lipinski definition) is 1. The van der Waals surface area contributed by atoms with Crippen LogP contribution in [0.5, 0.6) is 5.75 Å². The lowest BCUT2D eigenvalue weighted by atomic mass is 9.86. The Morgan fingerprint density at radius 3 is 2.56 bits per heavy atom. The van der Waals surface area contributed by atoms with E-state index in [-0.39, 0.29) is 5.41 Å². The fourth-order valence-electron chi connectivity index (χ4n) is 1.42. The molecule has 0 aliphatic rings. The minimum atomic E-state index is 0.0983. The first-order valence-electron chi connectivity index (χ1n) is 5.78. The summed E-state index contributed by atoms with van der Waals surface area (Å²) in [6.45, 7) is 9.37. The minimum Gasteiger partial charge on any atom is -0.507 e. The normalized spacial score (nSPS) is 12.2. The SMILES string of the molecule is CCCN=Cc1cc(C(C)(C)C)ccc1O. The molecule has 0 heterocycles. The zero-order valence-corrected chi connectivity index (χ0v) is 10.6. The lowest BCUT2D eigenvalue weighted by Gasteiger charge is -2.19. The van der Waals surface area contributed by atoms with Crippen LogP contribution in [0.25, 0.3) is 0 Å². The molecule has 1 rings (SSSR count). The lowest BCUT2D eigenvalue weighted by molar-refractivity contribution is 0.473. The summed E-state index contributed by atoms with van der Waals surface area (Å²) < 4.78 is 0. The highest BCUT2D eigenvalue weighted by molar-refractivity contribution is 5.83. The number of benzene rings is 1. The zero-order valence-electron chi connectivity index (χ0n) is 10.6. The van der Waals surface area contributed by atoms with E-state index in [1.807, 2.05) is 12.1 Å². The number of aromatic hydroxyl groups is 1. The maximum atomic E-state index is 9.71. The largest absolute Gasteiger partial charge is 0.507 e. The number of phenolic OH excluding ortho intramolecular Hbond substituents is 1. The van der Waals surface area contributed by atoms with Gasteiger partial charge in [-0.1, -0.05) is 33.8 Å². The molecule has 0 unspecified atom stereocenters. The van der Waals surface area contributed by atoms with Crippen LogP contribution in [0.2, 0.25) is 0 Å². The van der Waals surface area contributed by atoms with Crippen LogP contribution in [0.1, 0.15) is 45.2 Å². The van der Waals surface area contributed by atoms with Gasteiger partial charge in [-0.25, -0.2) is 0 Å². The highest BCUT2D eigenvalue weighted by Gasteiger charge is 2.14. The van der Waals surface area contributed by atoms with E-state index < -0.39 is 0 Å². The van der Waals surface area contributed by atoms with E-state index in [1.54, 1.807) is 12.3 Å². The van der Waals surface area contributed by atoms with E-state index in [9.17, 15) is 5.11 Å². The predicted molar refractivity (Wildman–Crippen MR) is 69.6 cm³/mol. The number of phenols is 1. The molecule has 2 nitrogen and oxygen atoms in total. The molecule has 2 heteroatoms. The molecular weight excluding hydrogens is 198 g/mol. The van der Waals surface area contributed by atoms with Crippen molar-refractivity contribution in [1.82, 2.24) is 0 Å². The summed E-state index contributed by atoms with van der Waals surface area (Å²) in [5, 5.41) is 9.71. The van der Waals surface area contributed by atoms with E-state index in [1.165, 1.54) is 5.56 Å². The first-order valence-corrected chi connectivity index (χ1v) is 5.78. The Hall–Kier alpha value is -1.31. The summed E-state index contributed by atoms with van der Waals surface area (Å²) in [7, 11) is 0. The standard InChI is InChI=1S/C14H21NO/c1-5-8-15-10-11-9-12(14(2,3)4)6-7-13(11)16/h6-7,9-10,16H,5,8H2,1-4H3. The molecular formula is C14H21NO. The van der Waals surface area contributed by atoms with Crippen molar-refractivity contribution in [2.24, 2.45) is 4.99 Å². The zero-order chi connectivity index (χ0) is 12.2. The maximum Gasteiger partial charge on any atom is 0.124 e. The lowest BCUT2D eigenvalue weighted by Crippen LogP contribution is -2.11. The highest BCUT2D eigenvalue weighted by Crippen LogP contribution is 2.26. The van der Waals surface area contributed by atoms with Crippen LogP contribution in [0.15, 0.2) is 23.2 Å². The summed E-state index contributed by atoms with van der Waals surface area (Å²) in [5.74, 6) is 0.299. The van der Waals surface area contributed by atoms with Crippen molar-refractivity contribution < 1.29 is 5.11 Å². The molecule has 0 atom stereocenters. The maximum absolute atomic E-state index is 9.71. The second kappa shape index (κ2) is 5.15. The van der Waals surface area contributed by atoms with Crippen LogP contribution in [-0.2, 0) is 5.41 Å². The number of rotatable bonds is 3. The van der Waals surface area contributed by atoms with E-state index in [4.69, 9.17) is 0 Å². The van der Waals surface area contributed by atoms with E-state index in [2.05, 4.69) is 32.7 Å². The number of aliphatic imine (C=N–C) groups is 1. The van der Waals surface area contributed by atoms with Gasteiger partial charge >= 0.3 is 0 Å². The monoisotopic (exact) mass is 219 g/mol. The molecule has 0 bridgehead atoms. The quantitative estimate of drug-likeness (QED) is 0.775. The Labute approximate surface area is 98.0 Å². The molecule has 0 spiro atoms. The Morgan fingerprint density at radius 2 is 2.00 bits per heavy atom. The van der Waals surface area contributed by atoms with Crippen molar-refractivity contribution in [2.75, 3.05) is 6.54 Å². The van der Waals surface area contributed by atoms with Gasteiger partial charge in [0.1, 0.15) is 5.75 Å². The first-order chi connectivity index (χ1) is 7.45. The van der Waals surface area contributed by atoms with Gasteiger partial charge in [-0.15, -0.1) is 0 Å². The fourth-order valence-corrected chi connectivity index (χ4v) is 1.42. The Balaban J connectivity index is 3.00. The van der Waals surface area contributed by atoms with Gasteiger partial charge in [-0.3, -0.25) is 4.99 Å². The van der Waals surface area contributed by atoms with Crippen LogP contribution in [0.3, 0.4) is 0 Å². The molecule has 0 saturated heterocycles. The summed E-state index contributed by atoms with van der Waals surface area (Å²) in [6.07, 6.45) is 2.78. The van der Waals surface area contributed by atoms with Crippen molar-refractivity contribution in [3.63, 3.8) is 0 Å². The third kappa shape index (κ3) is 3.37. The Morgan fingerprint density at radius 1 is 1.31 bits per heavy atom. The topological polar surface area (TPSA) is 32.6 Å². The molecule has 0 aliphatic heterocycles. The van der Waals surface area contributed by atoms with Crippen molar-refractivity contribution in [2.45, 2.75) is 39.5 Å². The second-order valence-corrected chi connectivity index (χ2v) is 5.06. The van der Waals surface area contributed by atoms with Gasteiger partial charge in [-0.2, -0.15) is 0 Å². The van der Waals surface area contributed by atoms with E-state index >= 15 is 0 Å². The molecule has 88 valence electrons. The van der Waals surface area contributed by atoms with Crippen molar-refractivity contribution in [3.8, 4) is 5.75 Å². The van der Waals surface area contributed by atoms with Crippen LogP contribution in [0, 0.1) is 0 Å². The van der Waals surface area contributed by atoms with Gasteiger partial charge in [-0.05, 0) is 29.5 Å². The Kier molecular flexibility index (Phi) is 4.11. The van der Waals surface area contributed by atoms with Crippen LogP contribution < -0.4 is 0 Å². The average Bonchev–Trinajstić information content (AvgIpc) is 2.19. The van der Waals surface area contributed by atoms with Crippen LogP contribution in [-0.4, -0.2) is 17.9 Å². The molecule has 0 aromatic heterocycles. The van der Waals surface area contributed by atoms with Gasteiger partial charge in [0.25, 0.3) is 0 Å². The minimum absolute atomic E-state index is 0.0983. The molecule has 1 aromatic rings. The highest BCUT2D eigenvalue weighted by atomic mass is 16.3. The molecule has 0 aliphatic carbocycles. The summed E-state index contributed by atoms with van der Waals surface area (Å²) in [6, 6.07) is 5.72. The van der Waals surface area contributed by atoms with Crippen molar-refractivity contribution >= 4 is 6.21 Å². The van der Waals surface area contributed by atoms with Gasteiger partial charge in [0.2, 0.25) is 0 Å². The second-order valence-electron chi connectivity index (χ2n) is 5.06. The average molecular weight is 219 g/mol. The molecule has 16 heavy (non-hydrogen) atoms. The molecule has 0 fully saturated rings.